The molecule has 1 aromatic rings. The molecule has 0 atom stereocenters. The molecule has 0 heterocycles. The van der Waals surface area contributed by atoms with Gasteiger partial charge in [-0.3, -0.25) is 4.79 Å². The molecule has 0 N–H and O–H groups in total. The third-order valence-electron chi connectivity index (χ3n) is 1.52. The summed E-state index contributed by atoms with van der Waals surface area (Å²) in [6.07, 6.45) is 0.640. The van der Waals surface area contributed by atoms with Crippen molar-refractivity contribution in [2.24, 2.45) is 0 Å². The van der Waals surface area contributed by atoms with Crippen molar-refractivity contribution < 1.29 is 9.53 Å². The molecule has 0 bridgehead atoms. The molecule has 0 saturated heterocycles. The van der Waals surface area contributed by atoms with E-state index in [2.05, 4.69) is 0 Å². The highest BCUT2D eigenvalue weighted by Gasteiger charge is 2.06. The normalized spacial score (nSPS) is 8.67. The number of nitriles is 1. The second-order valence-electron chi connectivity index (χ2n) is 2.15. The summed E-state index contributed by atoms with van der Waals surface area (Å²) in [7, 11) is 1.46. The van der Waals surface area contributed by atoms with Gasteiger partial charge in [0.1, 0.15) is 17.4 Å². The number of nitrogens with zero attached hydrogens (tertiary/aromatic N) is 1. The zero-order valence-electron chi connectivity index (χ0n) is 6.57. The molecule has 0 amide bonds. The fourth-order valence-electron chi connectivity index (χ4n) is 0.936. The quantitative estimate of drug-likeness (QED) is 0.615. The van der Waals surface area contributed by atoms with Crippen molar-refractivity contribution in [3.8, 4) is 11.8 Å². The lowest BCUT2D eigenvalue weighted by atomic mass is 10.1. The second-order valence-corrected chi connectivity index (χ2v) is 2.15. The molecular weight excluding hydrogens is 154 g/mol. The van der Waals surface area contributed by atoms with Crippen LogP contribution in [-0.4, -0.2) is 13.4 Å². The number of carbonyl (C=O) groups is 1. The molecule has 0 aromatic heterocycles. The van der Waals surface area contributed by atoms with Gasteiger partial charge in [-0.1, -0.05) is 12.1 Å². The van der Waals surface area contributed by atoms with Crippen molar-refractivity contribution in [1.82, 2.24) is 0 Å². The molecule has 0 spiro atoms. The molecule has 0 aliphatic carbocycles. The molecule has 1 rings (SSSR count). The minimum absolute atomic E-state index is 0.287. The zero-order valence-corrected chi connectivity index (χ0v) is 6.57. The monoisotopic (exact) mass is 161 g/mol. The van der Waals surface area contributed by atoms with Crippen LogP contribution in [0.25, 0.3) is 0 Å². The van der Waals surface area contributed by atoms with Crippen LogP contribution in [0.2, 0.25) is 0 Å². The predicted octanol–water partition coefficient (Wildman–Crippen LogP) is 1.38. The van der Waals surface area contributed by atoms with Gasteiger partial charge in [0.05, 0.1) is 7.11 Å². The summed E-state index contributed by atoms with van der Waals surface area (Å²) in [5.41, 5.74) is 0.645. The van der Waals surface area contributed by atoms with E-state index in [0.29, 0.717) is 17.6 Å². The summed E-state index contributed by atoms with van der Waals surface area (Å²) in [5.74, 6) is 0.433. The first-order valence-electron chi connectivity index (χ1n) is 3.35. The van der Waals surface area contributed by atoms with E-state index in [1.807, 2.05) is 6.07 Å². The number of hydrogen-bond donors (Lipinski definition) is 0. The number of methoxy groups -OCH3 is 1. The van der Waals surface area contributed by atoms with Gasteiger partial charge < -0.3 is 4.74 Å². The molecule has 12 heavy (non-hydrogen) atoms. The highest BCUT2D eigenvalue weighted by atomic mass is 16.5. The standard InChI is InChI=1S/C9H7NO2/c1-12-9-4-2-3-7(6-11)8(9)5-10/h2-4,6H,1H3. The van der Waals surface area contributed by atoms with Crippen molar-refractivity contribution >= 4 is 6.29 Å². The lowest BCUT2D eigenvalue weighted by Crippen LogP contribution is -1.92. The van der Waals surface area contributed by atoms with Crippen LogP contribution in [0.5, 0.6) is 5.75 Å². The van der Waals surface area contributed by atoms with Crippen molar-refractivity contribution in [2.45, 2.75) is 0 Å². The Kier molecular flexibility index (Phi) is 2.44. The highest BCUT2D eigenvalue weighted by Crippen LogP contribution is 2.19. The summed E-state index contributed by atoms with van der Waals surface area (Å²) >= 11 is 0. The van der Waals surface area contributed by atoms with Gasteiger partial charge in [-0.25, -0.2) is 0 Å². The van der Waals surface area contributed by atoms with E-state index in [-0.39, 0.29) is 5.56 Å². The van der Waals surface area contributed by atoms with Crippen LogP contribution in [0, 0.1) is 11.3 Å². The molecule has 3 nitrogen and oxygen atoms in total. The summed E-state index contributed by atoms with van der Waals surface area (Å²) in [6.45, 7) is 0. The minimum Gasteiger partial charge on any atom is -0.495 e. The maximum Gasteiger partial charge on any atom is 0.151 e. The number of aldehydes is 1. The van der Waals surface area contributed by atoms with Crippen molar-refractivity contribution in [3.05, 3.63) is 29.3 Å². The fourth-order valence-corrected chi connectivity index (χ4v) is 0.936. The van der Waals surface area contributed by atoms with Gasteiger partial charge in [-0.05, 0) is 6.07 Å². The average molecular weight is 161 g/mol. The second kappa shape index (κ2) is 3.54. The average Bonchev–Trinajstić information content (AvgIpc) is 2.16. The van der Waals surface area contributed by atoms with Gasteiger partial charge in [0.2, 0.25) is 0 Å². The topological polar surface area (TPSA) is 50.1 Å². The van der Waals surface area contributed by atoms with Crippen LogP contribution in [-0.2, 0) is 0 Å². The molecule has 0 aliphatic rings. The number of benzene rings is 1. The summed E-state index contributed by atoms with van der Waals surface area (Å²) in [6, 6.07) is 6.80. The highest BCUT2D eigenvalue weighted by molar-refractivity contribution is 5.80. The van der Waals surface area contributed by atoms with Crippen LogP contribution < -0.4 is 4.74 Å². The van der Waals surface area contributed by atoms with E-state index >= 15 is 0 Å². The van der Waals surface area contributed by atoms with Gasteiger partial charge in [-0.15, -0.1) is 0 Å². The smallest absolute Gasteiger partial charge is 0.151 e. The first-order valence-corrected chi connectivity index (χ1v) is 3.35. The molecule has 3 heteroatoms. The first kappa shape index (κ1) is 8.28. The lowest BCUT2D eigenvalue weighted by molar-refractivity contribution is 0.112. The van der Waals surface area contributed by atoms with Gasteiger partial charge >= 0.3 is 0 Å². The van der Waals surface area contributed by atoms with E-state index in [0.717, 1.165) is 0 Å². The predicted molar refractivity (Wildman–Crippen MR) is 43.1 cm³/mol. The van der Waals surface area contributed by atoms with E-state index < -0.39 is 0 Å². The van der Waals surface area contributed by atoms with E-state index in [1.165, 1.54) is 7.11 Å². The van der Waals surface area contributed by atoms with Crippen LogP contribution in [0.3, 0.4) is 0 Å². The Hall–Kier alpha value is -1.82. The SMILES string of the molecule is COc1cccc(C=O)c1C#N. The molecule has 0 saturated carbocycles. The third kappa shape index (κ3) is 1.28. The van der Waals surface area contributed by atoms with Crippen LogP contribution in [0.4, 0.5) is 0 Å². The summed E-state index contributed by atoms with van der Waals surface area (Å²) < 4.78 is 4.90. The van der Waals surface area contributed by atoms with E-state index in [4.69, 9.17) is 10.00 Å². The first-order chi connectivity index (χ1) is 5.83. The third-order valence-corrected chi connectivity index (χ3v) is 1.52. The number of hydrogen-bond acceptors (Lipinski definition) is 3. The largest absolute Gasteiger partial charge is 0.495 e. The van der Waals surface area contributed by atoms with Gasteiger partial charge in [-0.2, -0.15) is 5.26 Å². The Labute approximate surface area is 70.2 Å². The Morgan fingerprint density at radius 2 is 2.33 bits per heavy atom. The number of rotatable bonds is 2. The van der Waals surface area contributed by atoms with Crippen LogP contribution >= 0.6 is 0 Å². The molecule has 1 aromatic carbocycles. The lowest BCUT2D eigenvalue weighted by Gasteiger charge is -2.02. The van der Waals surface area contributed by atoms with E-state index in [9.17, 15) is 4.79 Å². The molecule has 60 valence electrons. The Bertz CT molecular complexity index is 339. The van der Waals surface area contributed by atoms with E-state index in [1.54, 1.807) is 18.2 Å². The maximum atomic E-state index is 10.4. The van der Waals surface area contributed by atoms with Gasteiger partial charge in [0.25, 0.3) is 0 Å². The Morgan fingerprint density at radius 3 is 2.83 bits per heavy atom. The molecule has 0 aliphatic heterocycles. The van der Waals surface area contributed by atoms with Crippen LogP contribution in [0.1, 0.15) is 15.9 Å². The van der Waals surface area contributed by atoms with Crippen LogP contribution in [0.15, 0.2) is 18.2 Å². The Morgan fingerprint density at radius 1 is 1.58 bits per heavy atom. The van der Waals surface area contributed by atoms with Crippen molar-refractivity contribution in [3.63, 3.8) is 0 Å². The Balaban J connectivity index is 3.34. The minimum atomic E-state index is 0.287. The number of carbonyl (C=O) groups excluding carboxylic acids is 1. The fraction of sp³-hybridized carbons (Fsp3) is 0.111. The molecule has 0 fully saturated rings. The molecular formula is C9H7NO2. The van der Waals surface area contributed by atoms with Crippen molar-refractivity contribution in [1.29, 1.82) is 5.26 Å². The molecule has 0 radical (unpaired) electrons. The summed E-state index contributed by atoms with van der Waals surface area (Å²) in [5, 5.41) is 8.67. The van der Waals surface area contributed by atoms with Crippen molar-refractivity contribution in [2.75, 3.05) is 7.11 Å². The number of ether oxygens (including phenoxy) is 1. The summed E-state index contributed by atoms with van der Waals surface area (Å²) in [4.78, 5) is 10.4. The van der Waals surface area contributed by atoms with Gasteiger partial charge in [0.15, 0.2) is 6.29 Å². The zero-order chi connectivity index (χ0) is 8.97. The molecule has 0 unspecified atom stereocenters. The maximum absolute atomic E-state index is 10.4. The van der Waals surface area contributed by atoms with Gasteiger partial charge in [0, 0.05) is 5.56 Å².